The first kappa shape index (κ1) is 27.4. The number of likely N-dealkylation sites (N-methyl/N-ethyl adjacent to an activating group) is 1. The molecule has 0 saturated carbocycles. The third-order valence-corrected chi connectivity index (χ3v) is 7.00. The zero-order valence-electron chi connectivity index (χ0n) is 20.7. The smallest absolute Gasteiger partial charge is 0.200 e. The van der Waals surface area contributed by atoms with E-state index < -0.39 is 0 Å². The third-order valence-electron chi connectivity index (χ3n) is 7.00. The summed E-state index contributed by atoms with van der Waals surface area (Å²) in [6, 6.07) is 0. The summed E-state index contributed by atoms with van der Waals surface area (Å²) in [6.45, 7) is 9.18. The average molecular weight is 422 g/mol. The first-order chi connectivity index (χ1) is 14.7. The SMILES string of the molecule is CCCCCCCCCCCCCCC/C=C/CCCC1=NCC[N+]1(CC)C(C)O. The largest absolute Gasteiger partial charge is 0.345 e. The van der Waals surface area contributed by atoms with Crippen LogP contribution in [-0.2, 0) is 0 Å². The van der Waals surface area contributed by atoms with E-state index in [2.05, 4.69) is 26.0 Å². The molecule has 0 saturated heterocycles. The number of quaternary nitrogens is 1. The highest BCUT2D eigenvalue weighted by molar-refractivity contribution is 5.76. The Kier molecular flexibility index (Phi) is 16.4. The van der Waals surface area contributed by atoms with Gasteiger partial charge in [-0.1, -0.05) is 96.1 Å². The zero-order valence-corrected chi connectivity index (χ0v) is 20.7. The van der Waals surface area contributed by atoms with Crippen LogP contribution < -0.4 is 0 Å². The Balaban J connectivity index is 1.89. The summed E-state index contributed by atoms with van der Waals surface area (Å²) in [7, 11) is 0. The normalized spacial score (nSPS) is 20.2. The number of aliphatic imine (C=N–C) groups is 1. The van der Waals surface area contributed by atoms with Gasteiger partial charge in [-0.15, -0.1) is 0 Å². The molecule has 1 aliphatic heterocycles. The summed E-state index contributed by atoms with van der Waals surface area (Å²) in [5, 5.41) is 10.2. The number of amidine groups is 1. The molecular formula is C27H53N2O+. The van der Waals surface area contributed by atoms with E-state index in [0.717, 1.165) is 38.9 Å². The molecule has 176 valence electrons. The van der Waals surface area contributed by atoms with E-state index >= 15 is 0 Å². The van der Waals surface area contributed by atoms with Gasteiger partial charge in [0.2, 0.25) is 5.84 Å². The van der Waals surface area contributed by atoms with Crippen molar-refractivity contribution in [3.05, 3.63) is 12.2 Å². The lowest BCUT2D eigenvalue weighted by Gasteiger charge is -2.36. The van der Waals surface area contributed by atoms with Crippen LogP contribution in [0.2, 0.25) is 0 Å². The van der Waals surface area contributed by atoms with Gasteiger partial charge in [-0.3, -0.25) is 4.48 Å². The van der Waals surface area contributed by atoms with Crippen LogP contribution in [0.4, 0.5) is 0 Å². The van der Waals surface area contributed by atoms with Crippen LogP contribution in [0, 0.1) is 0 Å². The van der Waals surface area contributed by atoms with Gasteiger partial charge in [-0.2, -0.15) is 0 Å². The lowest BCUT2D eigenvalue weighted by atomic mass is 10.0. The van der Waals surface area contributed by atoms with Gasteiger partial charge in [0.1, 0.15) is 6.54 Å². The monoisotopic (exact) mass is 421 g/mol. The first-order valence-corrected chi connectivity index (χ1v) is 13.4. The van der Waals surface area contributed by atoms with Gasteiger partial charge in [0, 0.05) is 13.3 Å². The second-order valence-corrected chi connectivity index (χ2v) is 9.40. The highest BCUT2D eigenvalue weighted by atomic mass is 16.3. The maximum Gasteiger partial charge on any atom is 0.200 e. The standard InChI is InChI=1S/C27H53N2O/c1-4-6-7-8-9-10-11-12-13-14-15-16-17-18-19-20-21-22-23-27-28-24-25-29(27,5-2)26(3)30/h19-20,26,30H,4-18,21-25H2,1-3H3/q+1/b20-19+. The van der Waals surface area contributed by atoms with Crippen molar-refractivity contribution in [2.24, 2.45) is 4.99 Å². The minimum absolute atomic E-state index is 0.331. The van der Waals surface area contributed by atoms with Crippen LogP contribution in [0.5, 0.6) is 0 Å². The summed E-state index contributed by atoms with van der Waals surface area (Å²) in [6.07, 6.45) is 27.5. The molecule has 0 spiro atoms. The summed E-state index contributed by atoms with van der Waals surface area (Å²) < 4.78 is 0.697. The lowest BCUT2D eigenvalue weighted by Crippen LogP contribution is -2.56. The van der Waals surface area contributed by atoms with E-state index in [-0.39, 0.29) is 6.23 Å². The molecule has 2 unspecified atom stereocenters. The molecule has 1 aliphatic rings. The van der Waals surface area contributed by atoms with Crippen LogP contribution in [0.3, 0.4) is 0 Å². The van der Waals surface area contributed by atoms with Gasteiger partial charge in [0.25, 0.3) is 0 Å². The molecule has 0 aromatic carbocycles. The van der Waals surface area contributed by atoms with E-state index in [0.29, 0.717) is 4.48 Å². The topological polar surface area (TPSA) is 32.6 Å². The fourth-order valence-corrected chi connectivity index (χ4v) is 4.83. The molecule has 1 heterocycles. The molecule has 0 aromatic rings. The number of aliphatic hydroxyl groups excluding tert-OH is 1. The zero-order chi connectivity index (χ0) is 21.9. The minimum atomic E-state index is -0.331. The Morgan fingerprint density at radius 3 is 1.80 bits per heavy atom. The van der Waals surface area contributed by atoms with Gasteiger partial charge in [0.05, 0.1) is 13.1 Å². The van der Waals surface area contributed by atoms with Crippen LogP contribution in [-0.4, -0.2) is 41.3 Å². The van der Waals surface area contributed by atoms with E-state index in [1.165, 1.54) is 95.7 Å². The maximum absolute atomic E-state index is 10.2. The van der Waals surface area contributed by atoms with Gasteiger partial charge in [0.15, 0.2) is 6.23 Å². The van der Waals surface area contributed by atoms with Gasteiger partial charge >= 0.3 is 0 Å². The lowest BCUT2D eigenvalue weighted by molar-refractivity contribution is -0.882. The number of hydrogen-bond acceptors (Lipinski definition) is 2. The summed E-state index contributed by atoms with van der Waals surface area (Å²) in [5.41, 5.74) is 0. The third kappa shape index (κ3) is 11.1. The molecule has 0 aromatic heterocycles. The molecule has 2 atom stereocenters. The molecule has 0 aliphatic carbocycles. The fourth-order valence-electron chi connectivity index (χ4n) is 4.83. The van der Waals surface area contributed by atoms with Crippen LogP contribution in [0.15, 0.2) is 17.1 Å². The van der Waals surface area contributed by atoms with E-state index in [1.54, 1.807) is 0 Å². The number of hydrogen-bond donors (Lipinski definition) is 1. The Morgan fingerprint density at radius 1 is 0.800 bits per heavy atom. The number of nitrogens with zero attached hydrogens (tertiary/aromatic N) is 2. The number of allylic oxidation sites excluding steroid dienone is 2. The van der Waals surface area contributed by atoms with Gasteiger partial charge in [-0.25, -0.2) is 4.99 Å². The van der Waals surface area contributed by atoms with Gasteiger partial charge in [-0.05, 0) is 32.6 Å². The summed E-state index contributed by atoms with van der Waals surface area (Å²) in [4.78, 5) is 4.70. The van der Waals surface area contributed by atoms with E-state index in [4.69, 9.17) is 4.99 Å². The molecule has 0 radical (unpaired) electrons. The number of unbranched alkanes of at least 4 members (excludes halogenated alkanes) is 14. The minimum Gasteiger partial charge on any atom is -0.345 e. The molecular weight excluding hydrogens is 368 g/mol. The molecule has 1 N–H and O–H groups in total. The van der Waals surface area contributed by atoms with Crippen molar-refractivity contribution in [1.82, 2.24) is 0 Å². The summed E-state index contributed by atoms with van der Waals surface area (Å²) >= 11 is 0. The molecule has 0 fully saturated rings. The molecule has 0 bridgehead atoms. The summed E-state index contributed by atoms with van der Waals surface area (Å²) in [5.74, 6) is 1.22. The van der Waals surface area contributed by atoms with Crippen molar-refractivity contribution in [2.45, 2.75) is 136 Å². The van der Waals surface area contributed by atoms with Crippen molar-refractivity contribution >= 4 is 5.84 Å². The fraction of sp³-hybridized carbons (Fsp3) is 0.889. The van der Waals surface area contributed by atoms with Gasteiger partial charge < -0.3 is 5.11 Å². The highest BCUT2D eigenvalue weighted by Gasteiger charge is 2.40. The molecule has 1 rings (SSSR count). The number of rotatable bonds is 20. The molecule has 3 nitrogen and oxygen atoms in total. The predicted molar refractivity (Wildman–Crippen MR) is 133 cm³/mol. The van der Waals surface area contributed by atoms with Crippen LogP contribution in [0.1, 0.15) is 130 Å². The average Bonchev–Trinajstić information content (AvgIpc) is 3.17. The van der Waals surface area contributed by atoms with Crippen molar-refractivity contribution in [1.29, 1.82) is 0 Å². The molecule has 30 heavy (non-hydrogen) atoms. The van der Waals surface area contributed by atoms with Crippen molar-refractivity contribution in [3.8, 4) is 0 Å². The maximum atomic E-state index is 10.2. The molecule has 3 heteroatoms. The number of aliphatic hydroxyl groups is 1. The molecule has 0 amide bonds. The first-order valence-electron chi connectivity index (χ1n) is 13.4. The van der Waals surface area contributed by atoms with Crippen molar-refractivity contribution in [2.75, 3.05) is 19.6 Å². The van der Waals surface area contributed by atoms with Crippen molar-refractivity contribution < 1.29 is 9.59 Å². The Labute approximate surface area is 188 Å². The highest BCUT2D eigenvalue weighted by Crippen LogP contribution is 2.22. The Hall–Kier alpha value is -0.670. The Bertz CT molecular complexity index is 458. The second-order valence-electron chi connectivity index (χ2n) is 9.40. The second kappa shape index (κ2) is 18.0. The van der Waals surface area contributed by atoms with Crippen LogP contribution in [0.25, 0.3) is 0 Å². The van der Waals surface area contributed by atoms with Crippen LogP contribution >= 0.6 is 0 Å². The van der Waals surface area contributed by atoms with E-state index in [9.17, 15) is 5.11 Å². The predicted octanol–water partition coefficient (Wildman–Crippen LogP) is 7.78. The quantitative estimate of drug-likeness (QED) is 0.121. The van der Waals surface area contributed by atoms with E-state index in [1.807, 2.05) is 6.92 Å². The van der Waals surface area contributed by atoms with Crippen molar-refractivity contribution in [3.63, 3.8) is 0 Å². The Morgan fingerprint density at radius 2 is 1.30 bits per heavy atom.